The highest BCUT2D eigenvalue weighted by molar-refractivity contribution is 5.74. The highest BCUT2D eigenvalue weighted by Gasteiger charge is 2.59. The summed E-state index contributed by atoms with van der Waals surface area (Å²) in [5.74, 6) is -2.98. The van der Waals surface area contributed by atoms with E-state index in [2.05, 4.69) is 4.74 Å². The van der Waals surface area contributed by atoms with Gasteiger partial charge in [0, 0.05) is 6.42 Å². The summed E-state index contributed by atoms with van der Waals surface area (Å²) in [6, 6.07) is 0. The normalized spacial score (nSPS) is 20.5. The second kappa shape index (κ2) is 7.19. The number of hydrogen-bond acceptors (Lipinski definition) is 4. The molecule has 0 aliphatic carbocycles. The zero-order valence-corrected chi connectivity index (χ0v) is 11.3. The van der Waals surface area contributed by atoms with Crippen molar-refractivity contribution in [2.75, 3.05) is 6.61 Å². The van der Waals surface area contributed by atoms with Crippen molar-refractivity contribution in [2.45, 2.75) is 50.6 Å². The van der Waals surface area contributed by atoms with E-state index in [0.29, 0.717) is 19.3 Å². The topological polar surface area (TPSA) is 52.6 Å². The Morgan fingerprint density at radius 3 is 2.32 bits per heavy atom. The largest absolute Gasteiger partial charge is 0.465 e. The van der Waals surface area contributed by atoms with E-state index in [9.17, 15) is 35.9 Å². The van der Waals surface area contributed by atoms with Gasteiger partial charge in [-0.15, -0.1) is 0 Å². The maximum absolute atomic E-state index is 12.2. The van der Waals surface area contributed by atoms with Crippen LogP contribution in [0.25, 0.3) is 0 Å². The highest BCUT2D eigenvalue weighted by atomic mass is 19.4. The number of halogens is 6. The van der Waals surface area contributed by atoms with Gasteiger partial charge in [-0.05, 0) is 25.7 Å². The van der Waals surface area contributed by atoms with Gasteiger partial charge in [-0.2, -0.15) is 26.3 Å². The van der Waals surface area contributed by atoms with Gasteiger partial charge in [0.05, 0.1) is 12.5 Å². The molecule has 22 heavy (non-hydrogen) atoms. The molecule has 10 heteroatoms. The molecule has 1 heterocycles. The van der Waals surface area contributed by atoms with Gasteiger partial charge in [0.25, 0.3) is 6.10 Å². The summed E-state index contributed by atoms with van der Waals surface area (Å²) in [5.41, 5.74) is 0. The maximum atomic E-state index is 12.2. The Kier molecular flexibility index (Phi) is 6.07. The van der Waals surface area contributed by atoms with E-state index >= 15 is 0 Å². The fourth-order valence-corrected chi connectivity index (χ4v) is 1.97. The summed E-state index contributed by atoms with van der Waals surface area (Å²) in [7, 11) is 0. The Hall–Kier alpha value is -1.48. The van der Waals surface area contributed by atoms with Crippen LogP contribution in [0.3, 0.4) is 0 Å². The van der Waals surface area contributed by atoms with Crippen LogP contribution in [0.15, 0.2) is 0 Å². The molecule has 0 N–H and O–H groups in total. The molecule has 0 amide bonds. The van der Waals surface area contributed by atoms with Gasteiger partial charge in [-0.3, -0.25) is 9.59 Å². The lowest BCUT2D eigenvalue weighted by Crippen LogP contribution is -2.45. The zero-order chi connectivity index (χ0) is 17.0. The van der Waals surface area contributed by atoms with E-state index in [0.717, 1.165) is 0 Å². The van der Waals surface area contributed by atoms with Crippen molar-refractivity contribution in [2.24, 2.45) is 5.92 Å². The summed E-state index contributed by atoms with van der Waals surface area (Å²) in [6.07, 6.45) is -15.0. The van der Waals surface area contributed by atoms with Crippen molar-refractivity contribution in [3.63, 3.8) is 0 Å². The first-order chi connectivity index (χ1) is 10.0. The minimum Gasteiger partial charge on any atom is -0.465 e. The Morgan fingerprint density at radius 2 is 1.77 bits per heavy atom. The van der Waals surface area contributed by atoms with Crippen molar-refractivity contribution in [3.05, 3.63) is 0 Å². The first-order valence-corrected chi connectivity index (χ1v) is 6.51. The number of alkyl halides is 6. The van der Waals surface area contributed by atoms with Gasteiger partial charge in [0.15, 0.2) is 0 Å². The van der Waals surface area contributed by atoms with Crippen LogP contribution in [-0.4, -0.2) is 37.0 Å². The number of rotatable bonds is 4. The third-order valence-electron chi connectivity index (χ3n) is 3.07. The molecule has 1 atom stereocenters. The van der Waals surface area contributed by atoms with Crippen LogP contribution in [0.1, 0.15) is 32.1 Å². The molecular weight excluding hydrogens is 322 g/mol. The molecule has 0 bridgehead atoms. The first kappa shape index (κ1) is 18.6. The van der Waals surface area contributed by atoms with Crippen LogP contribution >= 0.6 is 0 Å². The molecule has 0 aromatic rings. The van der Waals surface area contributed by atoms with Crippen molar-refractivity contribution in [3.8, 4) is 0 Å². The van der Waals surface area contributed by atoms with Crippen molar-refractivity contribution in [1.29, 1.82) is 0 Å². The molecule has 1 fully saturated rings. The molecule has 0 saturated carbocycles. The second-order valence-electron chi connectivity index (χ2n) is 4.85. The predicted molar refractivity (Wildman–Crippen MR) is 59.5 cm³/mol. The summed E-state index contributed by atoms with van der Waals surface area (Å²) in [4.78, 5) is 22.6. The fourth-order valence-electron chi connectivity index (χ4n) is 1.97. The molecule has 1 saturated heterocycles. The van der Waals surface area contributed by atoms with Crippen LogP contribution < -0.4 is 0 Å². The number of cyclic esters (lactones) is 1. The standard InChI is InChI=1S/C12H14F6O4/c13-11(14,15)10(12(16,17)18)22-8(19)5-4-7-3-1-2-6-21-9(7)20/h7,10H,1-6H2. The minimum absolute atomic E-state index is 0.208. The molecule has 0 aromatic heterocycles. The van der Waals surface area contributed by atoms with Crippen molar-refractivity contribution >= 4 is 11.9 Å². The van der Waals surface area contributed by atoms with E-state index < -0.39 is 42.7 Å². The van der Waals surface area contributed by atoms with Crippen molar-refractivity contribution < 1.29 is 45.4 Å². The molecule has 1 aliphatic heterocycles. The van der Waals surface area contributed by atoms with E-state index in [1.807, 2.05) is 0 Å². The van der Waals surface area contributed by atoms with E-state index in [4.69, 9.17) is 4.74 Å². The maximum Gasteiger partial charge on any atom is 0.434 e. The summed E-state index contributed by atoms with van der Waals surface area (Å²) >= 11 is 0. The van der Waals surface area contributed by atoms with E-state index in [1.165, 1.54) is 0 Å². The Balaban J connectivity index is 2.55. The summed E-state index contributed by atoms with van der Waals surface area (Å²) < 4.78 is 81.6. The number of ether oxygens (including phenoxy) is 2. The SMILES string of the molecule is O=C(CCC1CCCCOC1=O)OC(C(F)(F)F)C(F)(F)F. The molecule has 1 unspecified atom stereocenters. The molecular formula is C12H14F6O4. The lowest BCUT2D eigenvalue weighted by Gasteiger charge is -2.23. The van der Waals surface area contributed by atoms with E-state index in [1.54, 1.807) is 0 Å². The number of hydrogen-bond donors (Lipinski definition) is 0. The summed E-state index contributed by atoms with van der Waals surface area (Å²) in [6.45, 7) is 0.212. The lowest BCUT2D eigenvalue weighted by atomic mass is 9.98. The van der Waals surface area contributed by atoms with Gasteiger partial charge in [0.2, 0.25) is 0 Å². The molecule has 0 aromatic carbocycles. The summed E-state index contributed by atoms with van der Waals surface area (Å²) in [5, 5.41) is 0. The van der Waals surface area contributed by atoms with Crippen molar-refractivity contribution in [1.82, 2.24) is 0 Å². The molecule has 128 valence electrons. The van der Waals surface area contributed by atoms with Gasteiger partial charge >= 0.3 is 24.3 Å². The van der Waals surface area contributed by atoms with Gasteiger partial charge < -0.3 is 9.47 Å². The zero-order valence-electron chi connectivity index (χ0n) is 11.3. The molecule has 1 rings (SSSR count). The van der Waals surface area contributed by atoms with Crippen LogP contribution in [0.5, 0.6) is 0 Å². The third-order valence-corrected chi connectivity index (χ3v) is 3.07. The van der Waals surface area contributed by atoms with Gasteiger partial charge in [-0.1, -0.05) is 0 Å². The Labute approximate surface area is 121 Å². The number of carbonyl (C=O) groups is 2. The van der Waals surface area contributed by atoms with E-state index in [-0.39, 0.29) is 13.0 Å². The van der Waals surface area contributed by atoms with Gasteiger partial charge in [0.1, 0.15) is 0 Å². The number of carbonyl (C=O) groups excluding carboxylic acids is 2. The first-order valence-electron chi connectivity index (χ1n) is 6.51. The van der Waals surface area contributed by atoms with Crippen LogP contribution in [0.2, 0.25) is 0 Å². The number of esters is 2. The average Bonchev–Trinajstić information content (AvgIpc) is 2.55. The van der Waals surface area contributed by atoms with Crippen LogP contribution in [-0.2, 0) is 19.1 Å². The quantitative estimate of drug-likeness (QED) is 0.585. The monoisotopic (exact) mass is 336 g/mol. The van der Waals surface area contributed by atoms with Crippen LogP contribution in [0.4, 0.5) is 26.3 Å². The average molecular weight is 336 g/mol. The fraction of sp³-hybridized carbons (Fsp3) is 0.833. The molecule has 0 spiro atoms. The minimum atomic E-state index is -5.74. The Bertz CT molecular complexity index is 389. The smallest absolute Gasteiger partial charge is 0.434 e. The highest BCUT2D eigenvalue weighted by Crippen LogP contribution is 2.36. The molecule has 1 aliphatic rings. The Morgan fingerprint density at radius 1 is 1.18 bits per heavy atom. The second-order valence-corrected chi connectivity index (χ2v) is 4.85. The predicted octanol–water partition coefficient (Wildman–Crippen LogP) is 3.15. The van der Waals surface area contributed by atoms with Gasteiger partial charge in [-0.25, -0.2) is 0 Å². The lowest BCUT2D eigenvalue weighted by molar-refractivity contribution is -0.313. The van der Waals surface area contributed by atoms with Crippen LogP contribution in [0, 0.1) is 5.92 Å². The third kappa shape index (κ3) is 5.72. The molecule has 4 nitrogen and oxygen atoms in total. The molecule has 0 radical (unpaired) electrons.